The zero-order chi connectivity index (χ0) is 17.9. The maximum Gasteiger partial charge on any atom is 0.261 e. The highest BCUT2D eigenvalue weighted by Crippen LogP contribution is 2.27. The summed E-state index contributed by atoms with van der Waals surface area (Å²) in [7, 11) is -3.75. The van der Waals surface area contributed by atoms with E-state index in [1.807, 2.05) is 6.07 Å². The molecule has 1 amide bonds. The Kier molecular flexibility index (Phi) is 4.59. The van der Waals surface area contributed by atoms with Crippen LogP contribution in [0.4, 0.5) is 11.4 Å². The molecular formula is C17H15N3O4S. The van der Waals surface area contributed by atoms with E-state index < -0.39 is 10.0 Å². The topological polar surface area (TPSA) is 108 Å². The Bertz CT molecular complexity index is 947. The van der Waals surface area contributed by atoms with Gasteiger partial charge in [-0.1, -0.05) is 0 Å². The molecule has 1 heterocycles. The lowest BCUT2D eigenvalue weighted by molar-refractivity contribution is -0.116. The number of nitrogens with zero attached hydrogens (tertiary/aromatic N) is 1. The van der Waals surface area contributed by atoms with E-state index >= 15 is 0 Å². The van der Waals surface area contributed by atoms with Gasteiger partial charge in [0, 0.05) is 17.8 Å². The van der Waals surface area contributed by atoms with Crippen molar-refractivity contribution in [1.82, 2.24) is 0 Å². The number of hydrogen-bond acceptors (Lipinski definition) is 5. The predicted octanol–water partition coefficient (Wildman–Crippen LogP) is 2.27. The lowest BCUT2D eigenvalue weighted by Crippen LogP contribution is -2.20. The quantitative estimate of drug-likeness (QED) is 0.853. The van der Waals surface area contributed by atoms with Crippen LogP contribution in [0, 0.1) is 11.3 Å². The molecule has 0 spiro atoms. The van der Waals surface area contributed by atoms with Crippen molar-refractivity contribution in [2.45, 2.75) is 17.7 Å². The summed E-state index contributed by atoms with van der Waals surface area (Å²) in [4.78, 5) is 11.5. The number of benzene rings is 2. The summed E-state index contributed by atoms with van der Waals surface area (Å²) in [6.07, 6.45) is 0.851. The van der Waals surface area contributed by atoms with E-state index in [2.05, 4.69) is 10.0 Å². The number of sulfonamides is 1. The first-order valence-corrected chi connectivity index (χ1v) is 9.02. The van der Waals surface area contributed by atoms with Crippen LogP contribution >= 0.6 is 0 Å². The maximum atomic E-state index is 12.5. The number of hydrogen-bond donors (Lipinski definition) is 2. The average molecular weight is 357 g/mol. The molecule has 0 aliphatic carbocycles. The Morgan fingerprint density at radius 3 is 2.64 bits per heavy atom. The molecule has 128 valence electrons. The van der Waals surface area contributed by atoms with Crippen molar-refractivity contribution in [2.24, 2.45) is 0 Å². The molecule has 2 N–H and O–H groups in total. The molecule has 2 aromatic carbocycles. The Labute approximate surface area is 145 Å². The van der Waals surface area contributed by atoms with Gasteiger partial charge in [0.1, 0.15) is 11.8 Å². The third-order valence-corrected chi connectivity index (χ3v) is 5.07. The first-order valence-electron chi connectivity index (χ1n) is 7.53. The molecule has 8 heteroatoms. The van der Waals surface area contributed by atoms with Crippen molar-refractivity contribution in [3.63, 3.8) is 0 Å². The minimum absolute atomic E-state index is 0.0695. The van der Waals surface area contributed by atoms with Crippen LogP contribution in [0.25, 0.3) is 0 Å². The second kappa shape index (κ2) is 6.83. The summed E-state index contributed by atoms with van der Waals surface area (Å²) in [6, 6.07) is 12.8. The normalized spacial score (nSPS) is 13.3. The molecule has 1 aliphatic rings. The van der Waals surface area contributed by atoms with E-state index in [1.165, 1.54) is 6.07 Å². The smallest absolute Gasteiger partial charge is 0.261 e. The van der Waals surface area contributed by atoms with Gasteiger partial charge in [0.25, 0.3) is 10.0 Å². The molecule has 1 aliphatic heterocycles. The predicted molar refractivity (Wildman–Crippen MR) is 91.8 cm³/mol. The fourth-order valence-corrected chi connectivity index (χ4v) is 3.58. The van der Waals surface area contributed by atoms with Crippen LogP contribution in [-0.4, -0.2) is 20.9 Å². The minimum Gasteiger partial charge on any atom is -0.479 e. The molecule has 25 heavy (non-hydrogen) atoms. The summed E-state index contributed by atoms with van der Waals surface area (Å²) in [5.41, 5.74) is 1.83. The number of fused-ring (bicyclic) bond motifs is 1. The fraction of sp³-hybridized carbons (Fsp3) is 0.176. The Balaban J connectivity index is 1.78. The Morgan fingerprint density at radius 2 is 1.92 bits per heavy atom. The van der Waals surface area contributed by atoms with Gasteiger partial charge in [-0.3, -0.25) is 9.52 Å². The van der Waals surface area contributed by atoms with Crippen LogP contribution in [0.15, 0.2) is 47.4 Å². The largest absolute Gasteiger partial charge is 0.479 e. The number of carbonyl (C=O) groups excluding carboxylic acids is 1. The van der Waals surface area contributed by atoms with E-state index in [0.717, 1.165) is 5.56 Å². The summed E-state index contributed by atoms with van der Waals surface area (Å²) in [5, 5.41) is 11.2. The maximum absolute atomic E-state index is 12.5. The SMILES string of the molecule is N#CCOc1ccc(NS(=O)(=O)c2ccc3c(c2)CCC(=O)N3)cc1. The lowest BCUT2D eigenvalue weighted by atomic mass is 10.0. The molecule has 0 bridgehead atoms. The van der Waals surface area contributed by atoms with Crippen LogP contribution in [0.1, 0.15) is 12.0 Å². The van der Waals surface area contributed by atoms with Gasteiger partial charge in [-0.15, -0.1) is 0 Å². The zero-order valence-corrected chi connectivity index (χ0v) is 14.0. The van der Waals surface area contributed by atoms with E-state index in [0.29, 0.717) is 30.0 Å². The first kappa shape index (κ1) is 16.8. The second-order valence-corrected chi connectivity index (χ2v) is 7.13. The lowest BCUT2D eigenvalue weighted by Gasteiger charge is -2.18. The number of ether oxygens (including phenoxy) is 1. The number of nitrogens with one attached hydrogen (secondary N) is 2. The molecule has 0 atom stereocenters. The van der Waals surface area contributed by atoms with Gasteiger partial charge in [0.15, 0.2) is 6.61 Å². The summed E-state index contributed by atoms with van der Waals surface area (Å²) >= 11 is 0. The molecular weight excluding hydrogens is 342 g/mol. The van der Waals surface area contributed by atoms with Crippen molar-refractivity contribution in [3.8, 4) is 11.8 Å². The highest BCUT2D eigenvalue weighted by Gasteiger charge is 2.20. The summed E-state index contributed by atoms with van der Waals surface area (Å²) < 4.78 is 32.7. The zero-order valence-electron chi connectivity index (χ0n) is 13.2. The number of amides is 1. The average Bonchev–Trinajstić information content (AvgIpc) is 2.60. The molecule has 0 fully saturated rings. The van der Waals surface area contributed by atoms with E-state index in [4.69, 9.17) is 10.00 Å². The molecule has 3 rings (SSSR count). The number of rotatable bonds is 5. The van der Waals surface area contributed by atoms with E-state index in [-0.39, 0.29) is 17.4 Å². The number of aryl methyl sites for hydroxylation is 1. The molecule has 0 unspecified atom stereocenters. The summed E-state index contributed by atoms with van der Waals surface area (Å²) in [5.74, 6) is 0.411. The standard InChI is InChI=1S/C17H15N3O4S/c18-9-10-24-14-4-2-13(3-5-14)20-25(22,23)15-6-7-16-12(11-15)1-8-17(21)19-16/h2-7,11,20H,1,8,10H2,(H,19,21). The molecule has 2 aromatic rings. The number of nitriles is 1. The molecule has 0 saturated carbocycles. The van der Waals surface area contributed by atoms with Crippen molar-refractivity contribution < 1.29 is 17.9 Å². The van der Waals surface area contributed by atoms with Crippen LogP contribution in [-0.2, 0) is 21.2 Å². The van der Waals surface area contributed by atoms with Crippen LogP contribution < -0.4 is 14.8 Å². The molecule has 0 saturated heterocycles. The Morgan fingerprint density at radius 1 is 1.16 bits per heavy atom. The summed E-state index contributed by atoms with van der Waals surface area (Å²) in [6.45, 7) is -0.0727. The van der Waals surface area contributed by atoms with Gasteiger partial charge < -0.3 is 10.1 Å². The van der Waals surface area contributed by atoms with Crippen molar-refractivity contribution in [1.29, 1.82) is 5.26 Å². The van der Waals surface area contributed by atoms with Crippen LogP contribution in [0.5, 0.6) is 5.75 Å². The van der Waals surface area contributed by atoms with Gasteiger partial charge in [-0.05, 0) is 54.4 Å². The van der Waals surface area contributed by atoms with Crippen molar-refractivity contribution in [2.75, 3.05) is 16.6 Å². The van der Waals surface area contributed by atoms with Crippen LogP contribution in [0.2, 0.25) is 0 Å². The van der Waals surface area contributed by atoms with E-state index in [9.17, 15) is 13.2 Å². The fourth-order valence-electron chi connectivity index (χ4n) is 2.48. The molecule has 0 aromatic heterocycles. The monoisotopic (exact) mass is 357 g/mol. The first-order chi connectivity index (χ1) is 12.0. The number of anilines is 2. The van der Waals surface area contributed by atoms with Gasteiger partial charge in [0.05, 0.1) is 4.90 Å². The van der Waals surface area contributed by atoms with E-state index in [1.54, 1.807) is 36.4 Å². The van der Waals surface area contributed by atoms with Gasteiger partial charge in [-0.25, -0.2) is 8.42 Å². The highest BCUT2D eigenvalue weighted by atomic mass is 32.2. The van der Waals surface area contributed by atoms with Crippen LogP contribution in [0.3, 0.4) is 0 Å². The number of carbonyl (C=O) groups is 1. The van der Waals surface area contributed by atoms with Gasteiger partial charge in [0.2, 0.25) is 5.91 Å². The van der Waals surface area contributed by atoms with Gasteiger partial charge in [-0.2, -0.15) is 5.26 Å². The minimum atomic E-state index is -3.75. The molecule has 7 nitrogen and oxygen atoms in total. The third kappa shape index (κ3) is 3.89. The highest BCUT2D eigenvalue weighted by molar-refractivity contribution is 7.92. The third-order valence-electron chi connectivity index (χ3n) is 3.69. The van der Waals surface area contributed by atoms with Crippen molar-refractivity contribution in [3.05, 3.63) is 48.0 Å². The Hall–Kier alpha value is -3.05. The second-order valence-electron chi connectivity index (χ2n) is 5.44. The van der Waals surface area contributed by atoms with Gasteiger partial charge >= 0.3 is 0 Å². The molecule has 0 radical (unpaired) electrons. The van der Waals surface area contributed by atoms with Crippen molar-refractivity contribution >= 4 is 27.3 Å².